The molecule has 2 amide bonds. The number of rotatable bonds is 10. The van der Waals surface area contributed by atoms with Gasteiger partial charge in [-0.1, -0.05) is 71.2 Å². The SMILES string of the molecule is Cc1ccc(CN(C(=O)CN(c2cc(Cl)cc(Cl)c2)S(=O)(=O)c2ccccc2)[C@@H](C)C(=O)NC(C)C)cc1. The van der Waals surface area contributed by atoms with Crippen LogP contribution in [0.25, 0.3) is 0 Å². The summed E-state index contributed by atoms with van der Waals surface area (Å²) < 4.78 is 28.5. The first-order chi connectivity index (χ1) is 17.9. The van der Waals surface area contributed by atoms with E-state index in [1.807, 2.05) is 45.0 Å². The van der Waals surface area contributed by atoms with E-state index in [0.29, 0.717) is 0 Å². The summed E-state index contributed by atoms with van der Waals surface area (Å²) in [6.45, 7) is 6.77. The molecule has 3 aromatic carbocycles. The van der Waals surface area contributed by atoms with Crippen molar-refractivity contribution in [1.29, 1.82) is 0 Å². The Morgan fingerprint density at radius 3 is 2.03 bits per heavy atom. The number of halogens is 2. The van der Waals surface area contributed by atoms with Crippen LogP contribution < -0.4 is 9.62 Å². The molecule has 0 saturated heterocycles. The molecule has 1 atom stereocenters. The highest BCUT2D eigenvalue weighted by Gasteiger charge is 2.33. The van der Waals surface area contributed by atoms with Gasteiger partial charge in [-0.2, -0.15) is 0 Å². The number of nitrogens with zero attached hydrogens (tertiary/aromatic N) is 2. The number of hydrogen-bond donors (Lipinski definition) is 1. The van der Waals surface area contributed by atoms with Crippen LogP contribution >= 0.6 is 23.2 Å². The van der Waals surface area contributed by atoms with Crippen molar-refractivity contribution in [3.63, 3.8) is 0 Å². The van der Waals surface area contributed by atoms with Gasteiger partial charge < -0.3 is 10.2 Å². The average molecular weight is 577 g/mol. The number of nitrogens with one attached hydrogen (secondary N) is 1. The van der Waals surface area contributed by atoms with Gasteiger partial charge in [0.15, 0.2) is 0 Å². The van der Waals surface area contributed by atoms with Gasteiger partial charge in [0.2, 0.25) is 11.8 Å². The molecule has 0 bridgehead atoms. The van der Waals surface area contributed by atoms with Crippen LogP contribution in [0, 0.1) is 6.92 Å². The van der Waals surface area contributed by atoms with Crippen molar-refractivity contribution in [2.75, 3.05) is 10.8 Å². The van der Waals surface area contributed by atoms with Crippen LogP contribution in [-0.2, 0) is 26.2 Å². The molecular weight excluding hydrogens is 545 g/mol. The van der Waals surface area contributed by atoms with Crippen molar-refractivity contribution >= 4 is 50.7 Å². The maximum absolute atomic E-state index is 13.9. The van der Waals surface area contributed by atoms with Crippen molar-refractivity contribution in [2.24, 2.45) is 0 Å². The number of anilines is 1. The summed E-state index contributed by atoms with van der Waals surface area (Å²) in [6, 6.07) is 18.7. The molecule has 0 fully saturated rings. The van der Waals surface area contributed by atoms with E-state index < -0.39 is 28.5 Å². The van der Waals surface area contributed by atoms with E-state index in [1.54, 1.807) is 25.1 Å². The van der Waals surface area contributed by atoms with Crippen LogP contribution in [0.15, 0.2) is 77.7 Å². The second-order valence-electron chi connectivity index (χ2n) is 9.30. The number of benzene rings is 3. The Kier molecular flexibility index (Phi) is 9.82. The van der Waals surface area contributed by atoms with Gasteiger partial charge in [-0.05, 0) is 63.6 Å². The quantitative estimate of drug-likeness (QED) is 0.348. The molecular formula is C28H31Cl2N3O4S. The largest absolute Gasteiger partial charge is 0.352 e. The number of aryl methyl sites for hydroxylation is 1. The molecule has 38 heavy (non-hydrogen) atoms. The van der Waals surface area contributed by atoms with Crippen molar-refractivity contribution < 1.29 is 18.0 Å². The Morgan fingerprint density at radius 2 is 1.47 bits per heavy atom. The summed E-state index contributed by atoms with van der Waals surface area (Å²) >= 11 is 12.4. The van der Waals surface area contributed by atoms with Gasteiger partial charge in [0.05, 0.1) is 10.6 Å². The lowest BCUT2D eigenvalue weighted by atomic mass is 10.1. The first-order valence-electron chi connectivity index (χ1n) is 12.1. The Morgan fingerprint density at radius 1 is 0.895 bits per heavy atom. The molecule has 0 aliphatic rings. The summed E-state index contributed by atoms with van der Waals surface area (Å²) in [4.78, 5) is 28.2. The van der Waals surface area contributed by atoms with Crippen molar-refractivity contribution in [3.05, 3.63) is 94.0 Å². The van der Waals surface area contributed by atoms with E-state index in [9.17, 15) is 18.0 Å². The summed E-state index contributed by atoms with van der Waals surface area (Å²) in [5.41, 5.74) is 1.99. The highest BCUT2D eigenvalue weighted by Crippen LogP contribution is 2.30. The van der Waals surface area contributed by atoms with Gasteiger partial charge >= 0.3 is 0 Å². The van der Waals surface area contributed by atoms with Crippen molar-refractivity contribution in [3.8, 4) is 0 Å². The van der Waals surface area contributed by atoms with Crippen LogP contribution in [0.3, 0.4) is 0 Å². The Bertz CT molecular complexity index is 1360. The molecule has 0 radical (unpaired) electrons. The topological polar surface area (TPSA) is 86.8 Å². The second-order valence-corrected chi connectivity index (χ2v) is 12.0. The predicted octanol–water partition coefficient (Wildman–Crippen LogP) is 5.44. The molecule has 3 rings (SSSR count). The fraction of sp³-hybridized carbons (Fsp3) is 0.286. The molecule has 3 aromatic rings. The molecule has 0 aliphatic carbocycles. The lowest BCUT2D eigenvalue weighted by Gasteiger charge is -2.32. The van der Waals surface area contributed by atoms with E-state index in [0.717, 1.165) is 15.4 Å². The van der Waals surface area contributed by atoms with Gasteiger partial charge in [-0.3, -0.25) is 13.9 Å². The maximum atomic E-state index is 13.9. The number of sulfonamides is 1. The molecule has 0 saturated carbocycles. The zero-order valence-electron chi connectivity index (χ0n) is 21.7. The fourth-order valence-electron chi connectivity index (χ4n) is 3.81. The predicted molar refractivity (Wildman–Crippen MR) is 152 cm³/mol. The summed E-state index contributed by atoms with van der Waals surface area (Å²) in [5, 5.41) is 3.26. The fourth-order valence-corrected chi connectivity index (χ4v) is 5.74. The molecule has 1 N–H and O–H groups in total. The molecule has 10 heteroatoms. The van der Waals surface area contributed by atoms with Gasteiger partial charge in [-0.15, -0.1) is 0 Å². The minimum atomic E-state index is -4.19. The zero-order chi connectivity index (χ0) is 28.0. The standard InChI is InChI=1S/C28H31Cl2N3O4S/c1-19(2)31-28(35)21(4)32(17-22-12-10-20(3)11-13-22)27(34)18-33(25-15-23(29)14-24(30)16-25)38(36,37)26-8-6-5-7-9-26/h5-16,19,21H,17-18H2,1-4H3,(H,31,35)/t21-/m0/s1. The van der Waals surface area contributed by atoms with Gasteiger partial charge in [0.1, 0.15) is 12.6 Å². The second kappa shape index (κ2) is 12.7. The molecule has 202 valence electrons. The zero-order valence-corrected chi connectivity index (χ0v) is 24.0. The molecule has 0 unspecified atom stereocenters. The molecule has 0 aliphatic heterocycles. The van der Waals surface area contributed by atoms with Crippen LogP contribution in [0.2, 0.25) is 10.0 Å². The number of carbonyl (C=O) groups is 2. The third-order valence-corrected chi connectivity index (χ3v) is 8.04. The van der Waals surface area contributed by atoms with E-state index in [4.69, 9.17) is 23.2 Å². The van der Waals surface area contributed by atoms with Crippen molar-refractivity contribution in [2.45, 2.75) is 51.2 Å². The Balaban J connectivity index is 2.05. The van der Waals surface area contributed by atoms with Crippen molar-refractivity contribution in [1.82, 2.24) is 10.2 Å². The van der Waals surface area contributed by atoms with E-state index in [-0.39, 0.29) is 39.1 Å². The van der Waals surface area contributed by atoms with Crippen LogP contribution in [0.1, 0.15) is 31.9 Å². The van der Waals surface area contributed by atoms with Gasteiger partial charge in [0.25, 0.3) is 10.0 Å². The highest BCUT2D eigenvalue weighted by molar-refractivity contribution is 7.92. The van der Waals surface area contributed by atoms with E-state index in [1.165, 1.54) is 35.2 Å². The smallest absolute Gasteiger partial charge is 0.264 e. The Labute approximate surface area is 234 Å². The summed E-state index contributed by atoms with van der Waals surface area (Å²) in [7, 11) is -4.19. The lowest BCUT2D eigenvalue weighted by molar-refractivity contribution is -0.139. The monoisotopic (exact) mass is 575 g/mol. The third kappa shape index (κ3) is 7.49. The first kappa shape index (κ1) is 29.5. The molecule has 0 heterocycles. The van der Waals surface area contributed by atoms with Gasteiger partial charge in [-0.25, -0.2) is 8.42 Å². The molecule has 0 aromatic heterocycles. The minimum absolute atomic E-state index is 0.000387. The van der Waals surface area contributed by atoms with E-state index in [2.05, 4.69) is 5.32 Å². The van der Waals surface area contributed by atoms with Crippen LogP contribution in [0.5, 0.6) is 0 Å². The average Bonchev–Trinajstić information content (AvgIpc) is 2.85. The lowest BCUT2D eigenvalue weighted by Crippen LogP contribution is -2.52. The number of hydrogen-bond acceptors (Lipinski definition) is 4. The van der Waals surface area contributed by atoms with Gasteiger partial charge in [0, 0.05) is 22.6 Å². The number of carbonyl (C=O) groups excluding carboxylic acids is 2. The maximum Gasteiger partial charge on any atom is 0.264 e. The van der Waals surface area contributed by atoms with E-state index >= 15 is 0 Å². The summed E-state index contributed by atoms with van der Waals surface area (Å²) in [6.07, 6.45) is 0. The third-order valence-electron chi connectivity index (χ3n) is 5.82. The summed E-state index contributed by atoms with van der Waals surface area (Å²) in [5.74, 6) is -0.906. The first-order valence-corrected chi connectivity index (χ1v) is 14.3. The Hall–Kier alpha value is -3.07. The molecule has 7 nitrogen and oxygen atoms in total. The molecule has 0 spiro atoms. The minimum Gasteiger partial charge on any atom is -0.352 e. The highest BCUT2D eigenvalue weighted by atomic mass is 35.5. The number of amides is 2. The normalized spacial score (nSPS) is 12.2. The van der Waals surface area contributed by atoms with Crippen LogP contribution in [-0.4, -0.2) is 43.8 Å². The van der Waals surface area contributed by atoms with Crippen LogP contribution in [0.4, 0.5) is 5.69 Å².